The van der Waals surface area contributed by atoms with Gasteiger partial charge in [-0.2, -0.15) is 0 Å². The molecule has 1 aromatic rings. The molecule has 1 aliphatic heterocycles. The second-order valence-corrected chi connectivity index (χ2v) is 5.89. The Morgan fingerprint density at radius 2 is 1.84 bits per heavy atom. The zero-order chi connectivity index (χ0) is 13.4. The van der Waals surface area contributed by atoms with Gasteiger partial charge in [0.15, 0.2) is 0 Å². The van der Waals surface area contributed by atoms with Gasteiger partial charge in [0, 0.05) is 36.4 Å². The Hall–Kier alpha value is -1.87. The van der Waals surface area contributed by atoms with Crippen LogP contribution in [-0.2, 0) is 0 Å². The van der Waals surface area contributed by atoms with Crippen LogP contribution >= 0.6 is 11.3 Å². The summed E-state index contributed by atoms with van der Waals surface area (Å²) in [5, 5.41) is 2.33. The molecule has 2 nitrogen and oxygen atoms in total. The lowest BCUT2D eigenvalue weighted by Crippen LogP contribution is -2.07. The highest BCUT2D eigenvalue weighted by atomic mass is 32.1. The molecule has 0 fully saturated rings. The van der Waals surface area contributed by atoms with Crippen molar-refractivity contribution in [2.45, 2.75) is 0 Å². The Labute approximate surface area is 117 Å². The van der Waals surface area contributed by atoms with E-state index in [9.17, 15) is 0 Å². The van der Waals surface area contributed by atoms with Crippen molar-refractivity contribution in [3.8, 4) is 10.4 Å². The van der Waals surface area contributed by atoms with E-state index in [1.807, 2.05) is 18.4 Å². The quantitative estimate of drug-likeness (QED) is 0.616. The van der Waals surface area contributed by atoms with E-state index in [1.54, 1.807) is 0 Å². The highest BCUT2D eigenvalue weighted by molar-refractivity contribution is 7.21. The average molecular weight is 268 g/mol. The summed E-state index contributed by atoms with van der Waals surface area (Å²) >= 11 is 1.83. The van der Waals surface area contributed by atoms with Gasteiger partial charge in [-0.25, -0.2) is 0 Å². The van der Waals surface area contributed by atoms with Crippen molar-refractivity contribution < 1.29 is 0 Å². The van der Waals surface area contributed by atoms with Gasteiger partial charge in [0.25, 0.3) is 0 Å². The summed E-state index contributed by atoms with van der Waals surface area (Å²) in [4.78, 5) is 7.66. The number of rotatable bonds is 1. The van der Waals surface area contributed by atoms with Crippen molar-refractivity contribution in [3.05, 3.63) is 47.8 Å². The number of hydrogen-bond acceptors (Lipinski definition) is 3. The molecule has 3 heteroatoms. The lowest BCUT2D eigenvalue weighted by molar-refractivity contribution is 1.14. The molecule has 0 atom stereocenters. The van der Waals surface area contributed by atoms with E-state index in [1.165, 1.54) is 26.2 Å². The minimum absolute atomic E-state index is 1.03. The lowest BCUT2D eigenvalue weighted by atomic mass is 10.1. The Morgan fingerprint density at radius 1 is 1.00 bits per heavy atom. The molecule has 1 aliphatic carbocycles. The molecule has 0 saturated carbocycles. The van der Waals surface area contributed by atoms with Gasteiger partial charge in [-0.05, 0) is 41.3 Å². The maximum absolute atomic E-state index is 4.24. The summed E-state index contributed by atoms with van der Waals surface area (Å²) in [6, 6.07) is 15.2. The van der Waals surface area contributed by atoms with Crippen LogP contribution in [0.2, 0.25) is 0 Å². The van der Waals surface area contributed by atoms with E-state index in [0.717, 1.165) is 5.36 Å². The van der Waals surface area contributed by atoms with E-state index >= 15 is 0 Å². The Balaban J connectivity index is 2.31. The Morgan fingerprint density at radius 3 is 2.58 bits per heavy atom. The van der Waals surface area contributed by atoms with E-state index < -0.39 is 0 Å². The molecule has 3 rings (SSSR count). The molecule has 0 bridgehead atoms. The number of anilines is 1. The van der Waals surface area contributed by atoms with E-state index in [2.05, 4.69) is 66.5 Å². The van der Waals surface area contributed by atoms with Crippen LogP contribution in [0, 0.1) is 0 Å². The maximum Gasteiger partial charge on any atom is 0.0585 e. The van der Waals surface area contributed by atoms with Crippen molar-refractivity contribution in [3.63, 3.8) is 0 Å². The van der Waals surface area contributed by atoms with Gasteiger partial charge in [0.2, 0.25) is 0 Å². The predicted octanol–water partition coefficient (Wildman–Crippen LogP) is 3.60. The van der Waals surface area contributed by atoms with Crippen LogP contribution in [0.1, 0.15) is 0 Å². The van der Waals surface area contributed by atoms with Crippen LogP contribution in [0.5, 0.6) is 0 Å². The minimum Gasteiger partial charge on any atom is -0.378 e. The first-order valence-corrected chi connectivity index (χ1v) is 7.07. The van der Waals surface area contributed by atoms with Crippen LogP contribution < -0.4 is 10.3 Å². The molecule has 0 N–H and O–H groups in total. The van der Waals surface area contributed by atoms with E-state index in [0.29, 0.717) is 0 Å². The maximum atomic E-state index is 4.24. The topological polar surface area (TPSA) is 15.6 Å². The number of nitrogens with zero attached hydrogens (tertiary/aromatic N) is 2. The lowest BCUT2D eigenvalue weighted by Gasteiger charge is -2.14. The van der Waals surface area contributed by atoms with Crippen LogP contribution in [-0.4, -0.2) is 21.1 Å². The molecule has 0 spiro atoms. The first-order valence-electron chi connectivity index (χ1n) is 6.25. The average Bonchev–Trinajstić information content (AvgIpc) is 2.43. The molecule has 0 saturated heterocycles. The van der Waals surface area contributed by atoms with Crippen molar-refractivity contribution in [1.82, 2.24) is 0 Å². The van der Waals surface area contributed by atoms with Gasteiger partial charge >= 0.3 is 0 Å². The fraction of sp³-hybridized carbons (Fsp3) is 0.188. The highest BCUT2D eigenvalue weighted by Gasteiger charge is 2.06. The molecule has 1 aromatic carbocycles. The highest BCUT2D eigenvalue weighted by Crippen LogP contribution is 2.33. The molecular formula is C16H16N2S. The number of benzene rings is 2. The van der Waals surface area contributed by atoms with Crippen LogP contribution in [0.15, 0.2) is 47.5 Å². The van der Waals surface area contributed by atoms with E-state index in [-0.39, 0.29) is 0 Å². The summed E-state index contributed by atoms with van der Waals surface area (Å²) in [6.45, 7) is 0. The zero-order valence-corrected chi connectivity index (χ0v) is 12.2. The number of fused-ring (bicyclic) bond motifs is 2. The molecular weight excluding hydrogens is 252 g/mol. The molecule has 1 heterocycles. The summed E-state index contributed by atoms with van der Waals surface area (Å²) in [5.41, 5.74) is 2.52. The molecule has 96 valence electrons. The van der Waals surface area contributed by atoms with Crippen LogP contribution in [0.4, 0.5) is 5.69 Å². The van der Waals surface area contributed by atoms with Gasteiger partial charge in [-0.3, -0.25) is 4.99 Å². The molecule has 0 unspecified atom stereocenters. The second-order valence-electron chi connectivity index (χ2n) is 4.81. The van der Waals surface area contributed by atoms with Crippen molar-refractivity contribution in [2.24, 2.45) is 4.99 Å². The smallest absolute Gasteiger partial charge is 0.0585 e. The summed E-state index contributed by atoms with van der Waals surface area (Å²) in [5.74, 6) is 0. The first-order chi connectivity index (χ1) is 9.17. The largest absolute Gasteiger partial charge is 0.378 e. The van der Waals surface area contributed by atoms with Crippen LogP contribution in [0.25, 0.3) is 20.5 Å². The summed E-state index contributed by atoms with van der Waals surface area (Å²) < 4.78 is 1.31. The second kappa shape index (κ2) is 4.67. The summed E-state index contributed by atoms with van der Waals surface area (Å²) in [7, 11) is 5.97. The molecule has 0 aromatic heterocycles. The van der Waals surface area contributed by atoms with Gasteiger partial charge in [0.05, 0.1) is 5.36 Å². The normalized spacial score (nSPS) is 12.3. The predicted molar refractivity (Wildman–Crippen MR) is 84.3 cm³/mol. The third-order valence-corrected chi connectivity index (χ3v) is 4.45. The van der Waals surface area contributed by atoms with Gasteiger partial charge < -0.3 is 4.90 Å². The minimum atomic E-state index is 1.03. The molecule has 0 amide bonds. The third-order valence-electron chi connectivity index (χ3n) is 3.30. The van der Waals surface area contributed by atoms with Crippen molar-refractivity contribution in [2.75, 3.05) is 26.0 Å². The SMILES string of the molecule is CN=c1ccc2cc3ccc(N(C)C)cc3sc-2c1. The van der Waals surface area contributed by atoms with Crippen molar-refractivity contribution in [1.29, 1.82) is 0 Å². The Bertz CT molecular complexity index is 771. The van der Waals surface area contributed by atoms with Crippen molar-refractivity contribution >= 4 is 27.1 Å². The van der Waals surface area contributed by atoms with Gasteiger partial charge in [-0.1, -0.05) is 12.1 Å². The fourth-order valence-corrected chi connectivity index (χ4v) is 3.25. The summed E-state index contributed by atoms with van der Waals surface area (Å²) in [6.07, 6.45) is 0. The zero-order valence-electron chi connectivity index (χ0n) is 11.3. The monoisotopic (exact) mass is 268 g/mol. The molecule has 0 radical (unpaired) electrons. The number of hydrogen-bond donors (Lipinski definition) is 0. The van der Waals surface area contributed by atoms with Gasteiger partial charge in [-0.15, -0.1) is 11.3 Å². The fourth-order valence-electron chi connectivity index (χ4n) is 2.16. The van der Waals surface area contributed by atoms with Crippen LogP contribution in [0.3, 0.4) is 0 Å². The third kappa shape index (κ3) is 2.22. The van der Waals surface area contributed by atoms with E-state index in [4.69, 9.17) is 0 Å². The molecule has 19 heavy (non-hydrogen) atoms. The molecule has 2 aliphatic rings. The first kappa shape index (κ1) is 12.2. The van der Waals surface area contributed by atoms with Gasteiger partial charge in [0.1, 0.15) is 0 Å². The standard InChI is InChI=1S/C16H16N2S/c1-17-13-6-4-11-8-12-5-7-14(18(2)3)10-16(12)19-15(11)9-13/h4-10H,1-3H3. The Kier molecular flexibility index (Phi) is 2.99.